The zero-order valence-corrected chi connectivity index (χ0v) is 19.7. The lowest BCUT2D eigenvalue weighted by Crippen LogP contribution is -2.33. The van der Waals surface area contributed by atoms with Crippen LogP contribution in [-0.4, -0.2) is 26.5 Å². The van der Waals surface area contributed by atoms with E-state index < -0.39 is 11.4 Å². The van der Waals surface area contributed by atoms with Crippen LogP contribution in [0.25, 0.3) is 10.9 Å². The first kappa shape index (κ1) is 21.4. The molecule has 0 spiro atoms. The maximum atomic E-state index is 14.1. The highest BCUT2D eigenvalue weighted by molar-refractivity contribution is 7.16. The number of nitrogens with zero attached hydrogens (tertiary/aromatic N) is 1. The molecule has 0 amide bonds. The van der Waals surface area contributed by atoms with Crippen molar-refractivity contribution < 1.29 is 19.8 Å². The van der Waals surface area contributed by atoms with Gasteiger partial charge in [-0.25, -0.2) is 4.79 Å². The minimum atomic E-state index is -1.05. The summed E-state index contributed by atoms with van der Waals surface area (Å²) in [5.74, 6) is -1.06. The third-order valence-corrected chi connectivity index (χ3v) is 8.12. The summed E-state index contributed by atoms with van der Waals surface area (Å²) in [4.78, 5) is 26.5. The van der Waals surface area contributed by atoms with Crippen LogP contribution in [0.15, 0.2) is 84.9 Å². The number of carbonyl (C=O) groups excluding carboxylic acids is 1. The smallest absolute Gasteiger partial charge is 0.345 e. The van der Waals surface area contributed by atoms with Crippen LogP contribution >= 0.6 is 11.3 Å². The highest BCUT2D eigenvalue weighted by atomic mass is 32.1. The van der Waals surface area contributed by atoms with E-state index in [1.807, 2.05) is 73.7 Å². The third kappa shape index (κ3) is 3.07. The summed E-state index contributed by atoms with van der Waals surface area (Å²) >= 11 is 1.03. The Balaban J connectivity index is 1.72. The van der Waals surface area contributed by atoms with Crippen molar-refractivity contribution in [3.05, 3.63) is 123 Å². The van der Waals surface area contributed by atoms with Gasteiger partial charge in [0, 0.05) is 28.4 Å². The van der Waals surface area contributed by atoms with Crippen LogP contribution in [0.2, 0.25) is 0 Å². The van der Waals surface area contributed by atoms with Gasteiger partial charge in [-0.05, 0) is 47.9 Å². The van der Waals surface area contributed by atoms with Crippen LogP contribution < -0.4 is 0 Å². The molecule has 6 heteroatoms. The van der Waals surface area contributed by atoms with Crippen LogP contribution in [0, 0.1) is 0 Å². The molecule has 172 valence electrons. The van der Waals surface area contributed by atoms with Gasteiger partial charge in [0.1, 0.15) is 10.6 Å². The zero-order valence-electron chi connectivity index (χ0n) is 18.9. The Morgan fingerprint density at radius 3 is 2.37 bits per heavy atom. The first-order valence-corrected chi connectivity index (χ1v) is 12.1. The van der Waals surface area contributed by atoms with Crippen molar-refractivity contribution in [3.8, 4) is 5.75 Å². The van der Waals surface area contributed by atoms with Gasteiger partial charge < -0.3 is 14.8 Å². The number of carboxylic acids is 1. The van der Waals surface area contributed by atoms with E-state index in [9.17, 15) is 19.8 Å². The van der Waals surface area contributed by atoms with Crippen molar-refractivity contribution in [2.45, 2.75) is 18.9 Å². The quantitative estimate of drug-likeness (QED) is 0.329. The number of carboxylic acid groups (broad SMARTS) is 1. The molecular weight excluding hydrogens is 458 g/mol. The Morgan fingerprint density at radius 2 is 1.66 bits per heavy atom. The fraction of sp³-hybridized carbons (Fsp3) is 0.103. The van der Waals surface area contributed by atoms with Crippen molar-refractivity contribution in [1.29, 1.82) is 0 Å². The van der Waals surface area contributed by atoms with Gasteiger partial charge in [-0.3, -0.25) is 4.79 Å². The second-order valence-corrected chi connectivity index (χ2v) is 10.0. The first-order chi connectivity index (χ1) is 16.9. The lowest BCUT2D eigenvalue weighted by atomic mass is 9.66. The number of para-hydroxylation sites is 1. The van der Waals surface area contributed by atoms with Crippen LogP contribution in [0.3, 0.4) is 0 Å². The monoisotopic (exact) mass is 479 g/mol. The van der Waals surface area contributed by atoms with Crippen LogP contribution in [0.1, 0.15) is 54.2 Å². The van der Waals surface area contributed by atoms with E-state index in [1.165, 1.54) is 0 Å². The van der Waals surface area contributed by atoms with Crippen LogP contribution in [0.5, 0.6) is 5.75 Å². The number of hydrogen-bond acceptors (Lipinski definition) is 4. The molecule has 5 nitrogen and oxygen atoms in total. The SMILES string of the molecule is CC1(c2ccc(O)cc2)c2cc(C(=O)O)sc2C(=O)c2c1c1ccccc1n2Cc1ccccc1. The molecule has 3 aromatic carbocycles. The minimum Gasteiger partial charge on any atom is -0.508 e. The fourth-order valence-electron chi connectivity index (χ4n) is 5.35. The van der Waals surface area contributed by atoms with Crippen molar-refractivity contribution >= 4 is 34.0 Å². The zero-order chi connectivity index (χ0) is 24.3. The maximum absolute atomic E-state index is 14.1. The number of fused-ring (bicyclic) bond motifs is 4. The van der Waals surface area contributed by atoms with Crippen LogP contribution in [-0.2, 0) is 12.0 Å². The molecule has 0 aliphatic heterocycles. The van der Waals surface area contributed by atoms with E-state index in [-0.39, 0.29) is 16.4 Å². The molecule has 0 saturated carbocycles. The molecule has 0 radical (unpaired) electrons. The normalized spacial score (nSPS) is 16.8. The molecule has 5 aromatic rings. The topological polar surface area (TPSA) is 79.5 Å². The fourth-order valence-corrected chi connectivity index (χ4v) is 6.40. The van der Waals surface area contributed by atoms with Gasteiger partial charge in [-0.1, -0.05) is 60.7 Å². The van der Waals surface area contributed by atoms with Crippen molar-refractivity contribution in [2.75, 3.05) is 0 Å². The molecule has 2 aromatic heterocycles. The summed E-state index contributed by atoms with van der Waals surface area (Å²) in [5, 5.41) is 20.7. The maximum Gasteiger partial charge on any atom is 0.345 e. The van der Waals surface area contributed by atoms with Gasteiger partial charge >= 0.3 is 5.97 Å². The molecule has 2 heterocycles. The number of ketones is 1. The second-order valence-electron chi connectivity index (χ2n) is 8.97. The van der Waals surface area contributed by atoms with Gasteiger partial charge in [0.05, 0.1) is 10.6 Å². The third-order valence-electron chi connectivity index (χ3n) is 7.00. The molecule has 6 rings (SSSR count). The second kappa shape index (κ2) is 7.68. The molecule has 1 aliphatic carbocycles. The lowest BCUT2D eigenvalue weighted by Gasteiger charge is -2.35. The Kier molecular flexibility index (Phi) is 4.69. The number of thiophene rings is 1. The van der Waals surface area contributed by atoms with E-state index in [4.69, 9.17) is 0 Å². The molecule has 0 fully saturated rings. The number of phenols is 1. The number of phenolic OH excluding ortho intramolecular Hbond substituents is 1. The number of carbonyl (C=O) groups is 2. The minimum absolute atomic E-state index is 0.137. The van der Waals surface area contributed by atoms with Crippen molar-refractivity contribution in [1.82, 2.24) is 4.57 Å². The molecule has 35 heavy (non-hydrogen) atoms. The molecule has 0 bridgehead atoms. The van der Waals surface area contributed by atoms with Gasteiger partial charge in [0.2, 0.25) is 5.78 Å². The summed E-state index contributed by atoms with van der Waals surface area (Å²) in [6.45, 7) is 2.56. The summed E-state index contributed by atoms with van der Waals surface area (Å²) in [6.07, 6.45) is 0. The Hall–Kier alpha value is -4.16. The predicted octanol–water partition coefficient (Wildman–Crippen LogP) is 6.05. The molecule has 0 saturated heterocycles. The molecule has 1 aliphatic rings. The Labute approximate surface area is 205 Å². The van der Waals surface area contributed by atoms with Crippen LogP contribution in [0.4, 0.5) is 0 Å². The average Bonchev–Trinajstić information content (AvgIpc) is 3.46. The van der Waals surface area contributed by atoms with Crippen molar-refractivity contribution in [3.63, 3.8) is 0 Å². The van der Waals surface area contributed by atoms with E-state index in [1.54, 1.807) is 18.2 Å². The first-order valence-electron chi connectivity index (χ1n) is 11.3. The van der Waals surface area contributed by atoms with Gasteiger partial charge in [-0.15, -0.1) is 11.3 Å². The van der Waals surface area contributed by atoms with E-state index in [0.29, 0.717) is 22.7 Å². The average molecular weight is 480 g/mol. The van der Waals surface area contributed by atoms with E-state index in [0.717, 1.165) is 38.9 Å². The largest absolute Gasteiger partial charge is 0.508 e. The summed E-state index contributed by atoms with van der Waals surface area (Å²) in [7, 11) is 0. The van der Waals surface area contributed by atoms with Crippen molar-refractivity contribution in [2.24, 2.45) is 0 Å². The highest BCUT2D eigenvalue weighted by Gasteiger charge is 2.47. The van der Waals surface area contributed by atoms with Gasteiger partial charge in [0.15, 0.2) is 0 Å². The lowest BCUT2D eigenvalue weighted by molar-refractivity contribution is 0.0702. The number of hydrogen-bond donors (Lipinski definition) is 2. The number of aromatic nitrogens is 1. The predicted molar refractivity (Wildman–Crippen MR) is 136 cm³/mol. The molecular formula is C29H21NO4S. The number of benzene rings is 3. The Bertz CT molecular complexity index is 1630. The van der Waals surface area contributed by atoms with E-state index in [2.05, 4.69) is 4.57 Å². The highest BCUT2D eigenvalue weighted by Crippen LogP contribution is 2.52. The standard InChI is InChI=1S/C29H21NO4S/c1-29(18-11-13-19(31)14-12-18)21-15-23(28(33)34)35-27(21)26(32)25-24(29)20-9-5-6-10-22(20)30(25)16-17-7-3-2-4-8-17/h2-15,31H,16H2,1H3,(H,33,34). The summed E-state index contributed by atoms with van der Waals surface area (Å²) in [5.41, 5.74) is 4.23. The van der Waals surface area contributed by atoms with E-state index >= 15 is 0 Å². The number of aromatic carboxylic acids is 1. The number of aromatic hydroxyl groups is 1. The van der Waals surface area contributed by atoms with Gasteiger partial charge in [-0.2, -0.15) is 0 Å². The number of rotatable bonds is 4. The molecule has 1 atom stereocenters. The summed E-state index contributed by atoms with van der Waals surface area (Å²) < 4.78 is 2.06. The summed E-state index contributed by atoms with van der Waals surface area (Å²) in [6, 6.07) is 26.6. The Morgan fingerprint density at radius 1 is 0.971 bits per heavy atom. The molecule has 2 N–H and O–H groups in total. The molecule has 1 unspecified atom stereocenters. The van der Waals surface area contributed by atoms with Gasteiger partial charge in [0.25, 0.3) is 0 Å².